The van der Waals surface area contributed by atoms with Crippen LogP contribution >= 0.6 is 0 Å². The van der Waals surface area contributed by atoms with Gasteiger partial charge in [0.2, 0.25) is 0 Å². The van der Waals surface area contributed by atoms with Gasteiger partial charge in [-0.15, -0.1) is 0 Å². The fourth-order valence-corrected chi connectivity index (χ4v) is 14.7. The van der Waals surface area contributed by atoms with Crippen molar-refractivity contribution in [1.82, 2.24) is 0 Å². The monoisotopic (exact) mass is 1830 g/mol. The van der Waals surface area contributed by atoms with Gasteiger partial charge in [-0.3, -0.25) is 60.0 Å². The summed E-state index contributed by atoms with van der Waals surface area (Å²) in [6.45, 7) is 8.00. The number of aryl methyl sites for hydroxylation is 4. The molecule has 684 valence electrons. The van der Waals surface area contributed by atoms with Gasteiger partial charge in [-0.05, 0) is 240 Å². The Labute approximate surface area is 794 Å². The molecule has 26 heteroatoms. The summed E-state index contributed by atoms with van der Waals surface area (Å²) >= 11 is 0. The van der Waals surface area contributed by atoms with Gasteiger partial charge in [-0.2, -0.15) is 0 Å². The normalized spacial score (nSPS) is 10.4. The molecule has 0 heterocycles. The van der Waals surface area contributed by atoms with Crippen molar-refractivity contribution in [3.8, 4) is 44.5 Å². The molecule has 0 aromatic heterocycles. The predicted octanol–water partition coefficient (Wildman–Crippen LogP) is 22.1. The van der Waals surface area contributed by atoms with Crippen LogP contribution in [0.15, 0.2) is 376 Å². The first kappa shape index (κ1) is 96.6. The van der Waals surface area contributed by atoms with Gasteiger partial charge in [-0.1, -0.05) is 231 Å². The van der Waals surface area contributed by atoms with Crippen LogP contribution in [0, 0.1) is 61.0 Å². The van der Waals surface area contributed by atoms with Crippen molar-refractivity contribution in [2.75, 3.05) is 42.5 Å². The molecule has 0 aliphatic carbocycles. The third kappa shape index (κ3) is 25.0. The third-order valence-corrected chi connectivity index (χ3v) is 22.0. The number of nitrogens with one attached hydrogen (secondary N) is 12. The molecule has 0 saturated carbocycles. The molecule has 24 nitrogen and oxygen atoms in total. The Kier molecular flexibility index (Phi) is 31.7. The largest absolute Gasteiger partial charge is 0.384 e. The Morgan fingerprint density at radius 1 is 0.203 bits per heavy atom. The number of para-hydroxylation sites is 4. The second-order valence-electron chi connectivity index (χ2n) is 31.6. The molecule has 16 aromatic carbocycles. The first-order chi connectivity index (χ1) is 66.5. The first-order valence-electron chi connectivity index (χ1n) is 43.2. The molecule has 20 N–H and O–H groups in total. The fraction of sp³-hybridized carbons (Fsp3) is 0.0357. The minimum atomic E-state index is -0.669. The lowest BCUT2D eigenvalue weighted by Gasteiger charge is -2.13. The number of halogens is 2. The topological polar surface area (TPSA) is 432 Å². The van der Waals surface area contributed by atoms with E-state index in [-0.39, 0.29) is 74.7 Å². The highest BCUT2D eigenvalue weighted by Gasteiger charge is 2.24. The van der Waals surface area contributed by atoms with Gasteiger partial charge in [0.25, 0.3) is 47.3 Å². The second-order valence-corrected chi connectivity index (χ2v) is 31.6. The van der Waals surface area contributed by atoms with E-state index in [1.54, 1.807) is 200 Å². The van der Waals surface area contributed by atoms with Crippen LogP contribution in [0.3, 0.4) is 0 Å². The Morgan fingerprint density at radius 2 is 0.478 bits per heavy atom. The zero-order valence-electron chi connectivity index (χ0n) is 75.1. The second kappa shape index (κ2) is 45.2. The van der Waals surface area contributed by atoms with Crippen molar-refractivity contribution >= 4 is 116 Å². The van der Waals surface area contributed by atoms with Gasteiger partial charge >= 0.3 is 0 Å². The summed E-state index contributed by atoms with van der Waals surface area (Å²) in [6.07, 6.45) is 0. The van der Waals surface area contributed by atoms with Crippen LogP contribution in [0.2, 0.25) is 0 Å². The van der Waals surface area contributed by atoms with E-state index in [9.17, 15) is 47.1 Å². The number of anilines is 8. The third-order valence-electron chi connectivity index (χ3n) is 22.0. The van der Waals surface area contributed by atoms with E-state index >= 15 is 0 Å². The van der Waals surface area contributed by atoms with Gasteiger partial charge in [0.1, 0.15) is 35.0 Å². The molecule has 16 aromatic rings. The van der Waals surface area contributed by atoms with Crippen LogP contribution in [0.4, 0.5) is 54.3 Å². The van der Waals surface area contributed by atoms with Crippen LogP contribution in [0.5, 0.6) is 0 Å². The average molecular weight is 1830 g/mol. The maximum atomic E-state index is 14.9. The molecule has 0 aliphatic rings. The first-order valence-corrected chi connectivity index (χ1v) is 43.2. The smallest absolute Gasteiger partial charge is 0.258 e. The Balaban J connectivity index is 0.000000155. The van der Waals surface area contributed by atoms with Gasteiger partial charge in [0.15, 0.2) is 0 Å². The molecule has 0 bridgehead atoms. The number of nitrogen functional groups attached to an aromatic ring is 4. The van der Waals surface area contributed by atoms with Crippen molar-refractivity contribution in [2.45, 2.75) is 27.7 Å². The van der Waals surface area contributed by atoms with Crippen molar-refractivity contribution in [3.05, 3.63) is 477 Å². The molecular formula is C112H94F2N16O8. The number of carbonyl (C=O) groups excluding carboxylic acids is 8. The summed E-state index contributed by atoms with van der Waals surface area (Å²) in [5, 5.41) is 52.2. The molecule has 0 radical (unpaired) electrons. The SMILES string of the molecule is Cc1ccccc1-c1ccc(C(=O)Nc2ccccc2C(=O)Nc2cccc(C(=N)N)c2)c(F)c1.Cc1ccccc1-c1ccc(C(=O)Nc2ccccc2NC(=O)c2cccc(C(=N)N)c2)cc1.Cc1ccccc1-c1ccc(NC(=O)c2ccccc2C(=O)Nc2cccc(C(=N)N)c2)c(F)c1.Cc1ccccc1-c1ccc(NC(=O)c2ccccc2NC(=O)c2cccc(C(=N)N)c2)cc1. The zero-order valence-corrected chi connectivity index (χ0v) is 75.1. The van der Waals surface area contributed by atoms with Crippen LogP contribution in [0.1, 0.15) is 127 Å². The summed E-state index contributed by atoms with van der Waals surface area (Å²) in [4.78, 5) is 103. The van der Waals surface area contributed by atoms with E-state index in [1.165, 1.54) is 53.6 Å². The Morgan fingerprint density at radius 3 is 0.877 bits per heavy atom. The lowest BCUT2D eigenvalue weighted by atomic mass is 9.99. The number of benzene rings is 16. The molecule has 16 rings (SSSR count). The number of rotatable bonds is 24. The summed E-state index contributed by atoms with van der Waals surface area (Å²) in [6, 6.07) is 108. The van der Waals surface area contributed by atoms with Crippen LogP contribution in [0.25, 0.3) is 44.5 Å². The Hall–Kier alpha value is -19.0. The minimum absolute atomic E-state index is 0.0108. The number of hydrogen-bond donors (Lipinski definition) is 16. The standard InChI is InChI=1S/2C28H23FN4O2.2C28H24N4O2/c1-17-7-2-3-10-21(17)18-13-14-22(24(29)16-18)27(34)33-25-12-5-4-11-23(25)28(35)32-20-9-6-8-19(15-20)26(30)31;1-17-7-2-3-10-21(17)18-13-14-25(24(29)16-18)33-28(35)23-12-5-4-11-22(23)27(34)32-20-9-6-8-19(15-20)26(30)31;1-18-7-2-3-10-23(18)19-13-15-20(16-14-19)27(33)31-24-11-4-5-12-25(24)32-28(34)22-9-6-8-21(17-22)26(29)30;1-18-7-2-3-10-23(18)19-13-15-22(16-14-19)31-28(34)24-11-4-5-12-25(24)32-27(33)21-9-6-8-20(17-21)26(29)30/h2-16H,1H3,(H3,30,31)(H,32,35)(H,33,34);2-16H,1H3,(H3,30,31)(H,32,34)(H,33,35);2-17H,1H3,(H3,29,30)(H,31,33)(H,32,34);2-17H,1H3,(H3,29,30)(H,31,34)(H,32,33). The number of carbonyl (C=O) groups is 8. The molecule has 0 atom stereocenters. The van der Waals surface area contributed by atoms with E-state index in [4.69, 9.17) is 44.6 Å². The van der Waals surface area contributed by atoms with Gasteiger partial charge in [-0.25, -0.2) is 8.78 Å². The molecule has 0 fully saturated rings. The summed E-state index contributed by atoms with van der Waals surface area (Å²) in [5.74, 6) is -5.39. The maximum absolute atomic E-state index is 14.9. The lowest BCUT2D eigenvalue weighted by Crippen LogP contribution is -2.21. The highest BCUT2D eigenvalue weighted by molar-refractivity contribution is 6.18. The maximum Gasteiger partial charge on any atom is 0.258 e. The van der Waals surface area contributed by atoms with Crippen LogP contribution in [-0.2, 0) is 0 Å². The van der Waals surface area contributed by atoms with Crippen LogP contribution < -0.4 is 65.5 Å². The minimum Gasteiger partial charge on any atom is -0.384 e. The summed E-state index contributed by atoms with van der Waals surface area (Å²) in [5.41, 5.74) is 40.7. The van der Waals surface area contributed by atoms with Crippen molar-refractivity contribution in [1.29, 1.82) is 21.6 Å². The number of hydrogen-bond acceptors (Lipinski definition) is 12. The molecule has 0 saturated heterocycles. The number of amides is 8. The fourth-order valence-electron chi connectivity index (χ4n) is 14.7. The number of nitrogens with two attached hydrogens (primary N) is 4. The summed E-state index contributed by atoms with van der Waals surface area (Å²) in [7, 11) is 0. The molecule has 0 spiro atoms. The van der Waals surface area contributed by atoms with E-state index in [0.29, 0.717) is 89.8 Å². The lowest BCUT2D eigenvalue weighted by molar-refractivity contribution is 0.0990. The van der Waals surface area contributed by atoms with Crippen molar-refractivity contribution < 1.29 is 47.1 Å². The molecule has 8 amide bonds. The van der Waals surface area contributed by atoms with E-state index < -0.39 is 41.2 Å². The van der Waals surface area contributed by atoms with E-state index in [2.05, 4.69) is 80.6 Å². The molecular weight excluding hydrogens is 1740 g/mol. The molecule has 0 aliphatic heterocycles. The van der Waals surface area contributed by atoms with Gasteiger partial charge in [0.05, 0.1) is 56.3 Å². The van der Waals surface area contributed by atoms with E-state index in [1.807, 2.05) is 123 Å². The molecule has 0 unspecified atom stereocenters. The predicted molar refractivity (Wildman–Crippen MR) is 546 cm³/mol. The quantitative estimate of drug-likeness (QED) is 0.0198. The van der Waals surface area contributed by atoms with E-state index in [0.717, 1.165) is 44.5 Å². The Bertz CT molecular complexity index is 7390. The number of amidine groups is 4. The van der Waals surface area contributed by atoms with Crippen LogP contribution in [-0.4, -0.2) is 70.6 Å². The van der Waals surface area contributed by atoms with Crippen molar-refractivity contribution in [2.24, 2.45) is 22.9 Å². The van der Waals surface area contributed by atoms with Gasteiger partial charge < -0.3 is 65.5 Å². The zero-order chi connectivity index (χ0) is 98.1. The highest BCUT2D eigenvalue weighted by atomic mass is 19.1. The summed E-state index contributed by atoms with van der Waals surface area (Å²) < 4.78 is 29.8. The van der Waals surface area contributed by atoms with Gasteiger partial charge in [0, 0.05) is 56.0 Å². The highest BCUT2D eigenvalue weighted by Crippen LogP contribution is 2.33. The van der Waals surface area contributed by atoms with Crippen molar-refractivity contribution in [3.63, 3.8) is 0 Å². The average Bonchev–Trinajstić information content (AvgIpc) is 0.820. The molecule has 138 heavy (non-hydrogen) atoms.